The van der Waals surface area contributed by atoms with Gasteiger partial charge in [0, 0.05) is 24.7 Å². The number of sulfonamides is 1. The normalized spacial score (nSPS) is 16.6. The Morgan fingerprint density at radius 3 is 2.56 bits per heavy atom. The predicted molar refractivity (Wildman–Crippen MR) is 104 cm³/mol. The third-order valence-corrected chi connectivity index (χ3v) is 6.49. The molecule has 2 N–H and O–H groups in total. The molecule has 1 fully saturated rings. The van der Waals surface area contributed by atoms with Crippen molar-refractivity contribution < 1.29 is 18.0 Å². The molecule has 0 spiro atoms. The maximum absolute atomic E-state index is 12.6. The van der Waals surface area contributed by atoms with E-state index in [0.717, 1.165) is 23.6 Å². The Kier molecular flexibility index (Phi) is 7.79. The van der Waals surface area contributed by atoms with E-state index in [4.69, 9.17) is 0 Å². The molecule has 1 aliphatic rings. The Morgan fingerprint density at radius 2 is 1.93 bits per heavy atom. The van der Waals surface area contributed by atoms with E-state index in [1.807, 2.05) is 6.92 Å². The van der Waals surface area contributed by atoms with Gasteiger partial charge in [0.15, 0.2) is 0 Å². The van der Waals surface area contributed by atoms with Gasteiger partial charge in [-0.3, -0.25) is 9.59 Å². The fourth-order valence-corrected chi connectivity index (χ4v) is 4.40. The quantitative estimate of drug-likeness (QED) is 0.624. The Morgan fingerprint density at radius 1 is 1.22 bits per heavy atom. The fourth-order valence-electron chi connectivity index (χ4n) is 3.00. The molecule has 1 atom stereocenters. The molecular formula is C19H29N3O4S. The van der Waals surface area contributed by atoms with E-state index in [-0.39, 0.29) is 35.8 Å². The molecular weight excluding hydrogens is 366 g/mol. The van der Waals surface area contributed by atoms with Crippen LogP contribution in [0.5, 0.6) is 0 Å². The van der Waals surface area contributed by atoms with E-state index < -0.39 is 10.0 Å². The molecule has 1 saturated heterocycles. The lowest BCUT2D eigenvalue weighted by molar-refractivity contribution is -0.122. The van der Waals surface area contributed by atoms with Crippen molar-refractivity contribution in [1.82, 2.24) is 14.9 Å². The highest BCUT2D eigenvalue weighted by molar-refractivity contribution is 7.89. The van der Waals surface area contributed by atoms with Gasteiger partial charge in [0.2, 0.25) is 15.9 Å². The number of rotatable bonds is 9. The lowest BCUT2D eigenvalue weighted by atomic mass is 10.1. The number of hydrogen-bond donors (Lipinski definition) is 2. The van der Waals surface area contributed by atoms with Crippen molar-refractivity contribution in [3.05, 3.63) is 29.8 Å². The third-order valence-electron chi connectivity index (χ3n) is 4.63. The molecule has 7 nitrogen and oxygen atoms in total. The first-order valence-corrected chi connectivity index (χ1v) is 11.0. The van der Waals surface area contributed by atoms with Crippen LogP contribution in [0.1, 0.15) is 56.3 Å². The minimum Gasteiger partial charge on any atom is -0.354 e. The van der Waals surface area contributed by atoms with Gasteiger partial charge in [-0.1, -0.05) is 32.6 Å². The van der Waals surface area contributed by atoms with Crippen LogP contribution >= 0.6 is 0 Å². The molecule has 2 amide bonds. The van der Waals surface area contributed by atoms with Gasteiger partial charge < -0.3 is 10.6 Å². The fraction of sp³-hybridized carbons (Fsp3) is 0.579. The summed E-state index contributed by atoms with van der Waals surface area (Å²) in [6.07, 6.45) is 5.55. The van der Waals surface area contributed by atoms with Gasteiger partial charge >= 0.3 is 0 Å². The van der Waals surface area contributed by atoms with Gasteiger partial charge in [0.1, 0.15) is 0 Å². The number of unbranched alkanes of at least 4 members (excludes halogenated alkanes) is 3. The largest absolute Gasteiger partial charge is 0.354 e. The summed E-state index contributed by atoms with van der Waals surface area (Å²) < 4.78 is 26.4. The van der Waals surface area contributed by atoms with Gasteiger partial charge in [0.05, 0.1) is 11.4 Å². The Hall–Kier alpha value is -1.93. The second kappa shape index (κ2) is 9.85. The molecule has 1 aromatic rings. The Labute approximate surface area is 161 Å². The second-order valence-electron chi connectivity index (χ2n) is 6.94. The van der Waals surface area contributed by atoms with Gasteiger partial charge in [-0.05, 0) is 37.6 Å². The number of carbonyl (C=O) groups excluding carboxylic acids is 2. The number of benzene rings is 1. The van der Waals surface area contributed by atoms with Crippen LogP contribution in [-0.2, 0) is 14.8 Å². The van der Waals surface area contributed by atoms with E-state index in [0.29, 0.717) is 12.1 Å². The first kappa shape index (κ1) is 21.4. The van der Waals surface area contributed by atoms with Crippen molar-refractivity contribution in [2.24, 2.45) is 0 Å². The summed E-state index contributed by atoms with van der Waals surface area (Å²) in [5, 5.41) is 5.55. The zero-order chi connectivity index (χ0) is 19.9. The van der Waals surface area contributed by atoms with Crippen LogP contribution in [0.4, 0.5) is 0 Å². The van der Waals surface area contributed by atoms with Crippen LogP contribution in [-0.4, -0.2) is 50.2 Å². The lowest BCUT2D eigenvalue weighted by Crippen LogP contribution is -2.49. The standard InChI is InChI=1S/C19H29N3O4S/c1-3-4-5-6-7-15(2)21-19(24)16-8-10-17(11-9-16)27(25,26)22-13-12-20-18(23)14-22/h8-11,15H,3-7,12-14H2,1-2H3,(H,20,23)(H,21,24). The molecule has 150 valence electrons. The maximum Gasteiger partial charge on any atom is 0.251 e. The number of nitrogens with zero attached hydrogens (tertiary/aromatic N) is 1. The van der Waals surface area contributed by atoms with Crippen LogP contribution in [0.2, 0.25) is 0 Å². The van der Waals surface area contributed by atoms with Crippen LogP contribution in [0, 0.1) is 0 Å². The van der Waals surface area contributed by atoms with Crippen molar-refractivity contribution in [2.45, 2.75) is 56.9 Å². The van der Waals surface area contributed by atoms with E-state index in [1.165, 1.54) is 37.1 Å². The summed E-state index contributed by atoms with van der Waals surface area (Å²) in [6, 6.07) is 5.93. The molecule has 0 aromatic heterocycles. The Bertz CT molecular complexity index is 747. The molecule has 0 bridgehead atoms. The molecule has 2 rings (SSSR count). The summed E-state index contributed by atoms with van der Waals surface area (Å²) in [6.45, 7) is 4.50. The lowest BCUT2D eigenvalue weighted by Gasteiger charge is -2.25. The van der Waals surface area contributed by atoms with Gasteiger partial charge in [0.25, 0.3) is 5.91 Å². The number of carbonyl (C=O) groups is 2. The summed E-state index contributed by atoms with van der Waals surface area (Å²) >= 11 is 0. The summed E-state index contributed by atoms with van der Waals surface area (Å²) in [7, 11) is -3.74. The highest BCUT2D eigenvalue weighted by Crippen LogP contribution is 2.17. The Balaban J connectivity index is 1.95. The first-order chi connectivity index (χ1) is 12.8. The molecule has 0 radical (unpaired) electrons. The topological polar surface area (TPSA) is 95.6 Å². The minimum absolute atomic E-state index is 0.0737. The molecule has 27 heavy (non-hydrogen) atoms. The molecule has 1 unspecified atom stereocenters. The number of hydrogen-bond acceptors (Lipinski definition) is 4. The van der Waals surface area contributed by atoms with Crippen LogP contribution in [0.15, 0.2) is 29.2 Å². The molecule has 0 saturated carbocycles. The van der Waals surface area contributed by atoms with Crippen molar-refractivity contribution in [3.63, 3.8) is 0 Å². The number of piperazine rings is 1. The molecule has 1 heterocycles. The monoisotopic (exact) mass is 395 g/mol. The highest BCUT2D eigenvalue weighted by atomic mass is 32.2. The third kappa shape index (κ3) is 6.04. The average Bonchev–Trinajstić information content (AvgIpc) is 2.65. The number of amides is 2. The number of nitrogens with one attached hydrogen (secondary N) is 2. The average molecular weight is 396 g/mol. The molecule has 1 aromatic carbocycles. The SMILES string of the molecule is CCCCCCC(C)NC(=O)c1ccc(S(=O)(=O)N2CCNC(=O)C2)cc1. The second-order valence-corrected chi connectivity index (χ2v) is 8.87. The molecule has 8 heteroatoms. The van der Waals surface area contributed by atoms with E-state index in [9.17, 15) is 18.0 Å². The van der Waals surface area contributed by atoms with Crippen molar-refractivity contribution in [2.75, 3.05) is 19.6 Å². The van der Waals surface area contributed by atoms with Crippen LogP contribution in [0.3, 0.4) is 0 Å². The molecule has 0 aliphatic carbocycles. The summed E-state index contributed by atoms with van der Waals surface area (Å²) in [4.78, 5) is 23.8. The summed E-state index contributed by atoms with van der Waals surface area (Å²) in [5.74, 6) is -0.520. The highest BCUT2D eigenvalue weighted by Gasteiger charge is 2.29. The van der Waals surface area contributed by atoms with Crippen molar-refractivity contribution in [1.29, 1.82) is 0 Å². The predicted octanol–water partition coefficient (Wildman–Crippen LogP) is 1.90. The smallest absolute Gasteiger partial charge is 0.251 e. The molecule has 1 aliphatic heterocycles. The maximum atomic E-state index is 12.6. The van der Waals surface area contributed by atoms with Crippen molar-refractivity contribution in [3.8, 4) is 0 Å². The minimum atomic E-state index is -3.74. The first-order valence-electron chi connectivity index (χ1n) is 9.52. The zero-order valence-electron chi connectivity index (χ0n) is 16.0. The van der Waals surface area contributed by atoms with Crippen molar-refractivity contribution >= 4 is 21.8 Å². The van der Waals surface area contributed by atoms with Gasteiger partial charge in [-0.2, -0.15) is 4.31 Å². The van der Waals surface area contributed by atoms with Gasteiger partial charge in [-0.15, -0.1) is 0 Å². The van der Waals surface area contributed by atoms with E-state index in [2.05, 4.69) is 17.6 Å². The van der Waals surface area contributed by atoms with Crippen LogP contribution < -0.4 is 10.6 Å². The van der Waals surface area contributed by atoms with Gasteiger partial charge in [-0.25, -0.2) is 8.42 Å². The zero-order valence-corrected chi connectivity index (χ0v) is 16.8. The van der Waals surface area contributed by atoms with E-state index in [1.54, 1.807) is 0 Å². The van der Waals surface area contributed by atoms with Crippen LogP contribution in [0.25, 0.3) is 0 Å². The van der Waals surface area contributed by atoms with E-state index >= 15 is 0 Å². The summed E-state index contributed by atoms with van der Waals surface area (Å²) in [5.41, 5.74) is 0.422.